The summed E-state index contributed by atoms with van der Waals surface area (Å²) in [6, 6.07) is 10.4. The van der Waals surface area contributed by atoms with Gasteiger partial charge in [0.05, 0.1) is 48.4 Å². The summed E-state index contributed by atoms with van der Waals surface area (Å²) < 4.78 is 5.59. The van der Waals surface area contributed by atoms with Crippen molar-refractivity contribution in [3.05, 3.63) is 66.6 Å². The minimum Gasteiger partial charge on any atom is -0.480 e. The Hall–Kier alpha value is -3.69. The zero-order valence-corrected chi connectivity index (χ0v) is 20.0. The maximum atomic E-state index is 11.4. The summed E-state index contributed by atoms with van der Waals surface area (Å²) in [4.78, 5) is 37.4. The molecule has 180 valence electrons. The van der Waals surface area contributed by atoms with E-state index in [2.05, 4.69) is 42.8 Å². The Morgan fingerprint density at radius 2 is 2.11 bits per heavy atom. The smallest absolute Gasteiger partial charge is 0.223 e. The van der Waals surface area contributed by atoms with Gasteiger partial charge in [-0.05, 0) is 32.0 Å². The number of ether oxygens (including phenoxy) is 1. The van der Waals surface area contributed by atoms with Crippen LogP contribution in [0.15, 0.2) is 55.1 Å². The molecule has 0 saturated carbocycles. The average molecular weight is 472 g/mol. The molecule has 0 aliphatic carbocycles. The van der Waals surface area contributed by atoms with Crippen LogP contribution in [0, 0.1) is 0 Å². The number of carbonyl (C=O) groups excluding carboxylic acids is 1. The largest absolute Gasteiger partial charge is 0.480 e. The minimum absolute atomic E-state index is 0.00332. The van der Waals surface area contributed by atoms with E-state index in [1.165, 1.54) is 0 Å². The van der Waals surface area contributed by atoms with Crippen LogP contribution in [-0.2, 0) is 11.3 Å². The first kappa shape index (κ1) is 23.1. The lowest BCUT2D eigenvalue weighted by atomic mass is 9.95. The highest BCUT2D eigenvalue weighted by molar-refractivity contribution is 5.85. The van der Waals surface area contributed by atoms with E-state index in [0.717, 1.165) is 65.9 Å². The number of piperidine rings is 1. The molecule has 1 fully saturated rings. The average Bonchev–Trinajstić information content (AvgIpc) is 3.39. The van der Waals surface area contributed by atoms with Crippen molar-refractivity contribution in [1.29, 1.82) is 0 Å². The van der Waals surface area contributed by atoms with Crippen molar-refractivity contribution in [3.63, 3.8) is 0 Å². The summed E-state index contributed by atoms with van der Waals surface area (Å²) in [5, 5.41) is 1.03. The summed E-state index contributed by atoms with van der Waals surface area (Å²) in [6.07, 6.45) is 9.83. The molecule has 4 heterocycles. The molecular formula is C26H29N7O2. The molecule has 35 heavy (non-hydrogen) atoms. The molecule has 0 amide bonds. The number of pyridine rings is 1. The molecule has 0 bridgehead atoms. The molecule has 4 aromatic rings. The van der Waals surface area contributed by atoms with Crippen molar-refractivity contribution in [2.75, 3.05) is 27.2 Å². The van der Waals surface area contributed by atoms with Crippen LogP contribution in [0.4, 0.5) is 0 Å². The van der Waals surface area contributed by atoms with Crippen LogP contribution < -0.4 is 4.74 Å². The molecule has 1 unspecified atom stereocenters. The highest BCUT2D eigenvalue weighted by Gasteiger charge is 2.33. The zero-order chi connectivity index (χ0) is 24.2. The van der Waals surface area contributed by atoms with Gasteiger partial charge in [0.2, 0.25) is 5.88 Å². The molecule has 1 aromatic carbocycles. The van der Waals surface area contributed by atoms with Gasteiger partial charge in [0.1, 0.15) is 12.1 Å². The number of para-hydroxylation sites is 1. The van der Waals surface area contributed by atoms with E-state index >= 15 is 0 Å². The third-order valence-corrected chi connectivity index (χ3v) is 6.73. The number of rotatable bonds is 8. The summed E-state index contributed by atoms with van der Waals surface area (Å²) in [6.45, 7) is 1.92. The zero-order valence-electron chi connectivity index (χ0n) is 20.0. The SMILES string of the molecule is COc1nc2ccccc2cc1-c1cnc([C@@H]2CC(N(C)Cc3cnccn3)CCN2CC=O)[nH]1. The summed E-state index contributed by atoms with van der Waals surface area (Å²) in [5.41, 5.74) is 3.53. The van der Waals surface area contributed by atoms with Gasteiger partial charge in [0, 0.05) is 43.1 Å². The number of nitrogens with one attached hydrogen (secondary N) is 1. The predicted octanol–water partition coefficient (Wildman–Crippen LogP) is 3.26. The molecule has 0 radical (unpaired) electrons. The van der Waals surface area contributed by atoms with Crippen LogP contribution in [0.5, 0.6) is 5.88 Å². The van der Waals surface area contributed by atoms with Crippen LogP contribution in [0.25, 0.3) is 22.2 Å². The first-order chi connectivity index (χ1) is 17.2. The van der Waals surface area contributed by atoms with Crippen LogP contribution >= 0.6 is 0 Å². The predicted molar refractivity (Wildman–Crippen MR) is 133 cm³/mol. The summed E-state index contributed by atoms with van der Waals surface area (Å²) >= 11 is 0. The second-order valence-electron chi connectivity index (χ2n) is 8.89. The number of aromatic nitrogens is 5. The number of carbonyl (C=O) groups is 1. The maximum absolute atomic E-state index is 11.4. The van der Waals surface area contributed by atoms with Gasteiger partial charge in [-0.25, -0.2) is 9.97 Å². The number of aromatic amines is 1. The number of benzene rings is 1. The van der Waals surface area contributed by atoms with Crippen LogP contribution in [0.2, 0.25) is 0 Å². The molecule has 2 atom stereocenters. The Morgan fingerprint density at radius 1 is 1.23 bits per heavy atom. The van der Waals surface area contributed by atoms with Crippen LogP contribution in [0.1, 0.15) is 30.4 Å². The minimum atomic E-state index is -0.00332. The van der Waals surface area contributed by atoms with Gasteiger partial charge >= 0.3 is 0 Å². The van der Waals surface area contributed by atoms with Crippen molar-refractivity contribution in [3.8, 4) is 17.1 Å². The molecule has 1 aliphatic heterocycles. The monoisotopic (exact) mass is 471 g/mol. The van der Waals surface area contributed by atoms with Crippen molar-refractivity contribution < 1.29 is 9.53 Å². The lowest BCUT2D eigenvalue weighted by Gasteiger charge is -2.41. The number of H-pyrrole nitrogens is 1. The van der Waals surface area contributed by atoms with Gasteiger partial charge in [-0.2, -0.15) is 0 Å². The van der Waals surface area contributed by atoms with Gasteiger partial charge in [0.25, 0.3) is 0 Å². The molecule has 9 nitrogen and oxygen atoms in total. The third kappa shape index (κ3) is 4.91. The fourth-order valence-corrected chi connectivity index (χ4v) is 4.88. The molecule has 1 saturated heterocycles. The third-order valence-electron chi connectivity index (χ3n) is 6.73. The quantitative estimate of drug-likeness (QED) is 0.391. The summed E-state index contributed by atoms with van der Waals surface area (Å²) in [5.74, 6) is 1.39. The second-order valence-corrected chi connectivity index (χ2v) is 8.89. The van der Waals surface area contributed by atoms with Crippen molar-refractivity contribution in [1.82, 2.24) is 34.7 Å². The van der Waals surface area contributed by atoms with Crippen LogP contribution in [-0.4, -0.2) is 74.3 Å². The van der Waals surface area contributed by atoms with E-state index in [9.17, 15) is 4.79 Å². The normalized spacial score (nSPS) is 18.7. The van der Waals surface area contributed by atoms with Crippen LogP contribution in [0.3, 0.4) is 0 Å². The number of fused-ring (bicyclic) bond motifs is 1. The summed E-state index contributed by atoms with van der Waals surface area (Å²) in [7, 11) is 3.74. The van der Waals surface area contributed by atoms with Gasteiger partial charge in [-0.1, -0.05) is 18.2 Å². The Bertz CT molecular complexity index is 1290. The number of aldehydes is 1. The fraction of sp³-hybridized carbons (Fsp3) is 0.346. The first-order valence-corrected chi connectivity index (χ1v) is 11.8. The molecule has 9 heteroatoms. The lowest BCUT2D eigenvalue weighted by Crippen LogP contribution is -2.45. The van der Waals surface area contributed by atoms with E-state index in [1.54, 1.807) is 25.7 Å². The van der Waals surface area contributed by atoms with E-state index in [0.29, 0.717) is 18.5 Å². The Morgan fingerprint density at radius 3 is 2.91 bits per heavy atom. The number of likely N-dealkylation sites (tertiary alicyclic amines) is 1. The fourth-order valence-electron chi connectivity index (χ4n) is 4.88. The lowest BCUT2D eigenvalue weighted by molar-refractivity contribution is -0.110. The first-order valence-electron chi connectivity index (χ1n) is 11.8. The highest BCUT2D eigenvalue weighted by atomic mass is 16.5. The maximum Gasteiger partial charge on any atom is 0.223 e. The molecule has 5 rings (SSSR count). The number of hydrogen-bond acceptors (Lipinski definition) is 8. The molecular weight excluding hydrogens is 442 g/mol. The number of methoxy groups -OCH3 is 1. The Labute approximate surface area is 204 Å². The Balaban J connectivity index is 1.41. The van der Waals surface area contributed by atoms with Crippen molar-refractivity contribution in [2.24, 2.45) is 0 Å². The van der Waals surface area contributed by atoms with Gasteiger partial charge in [0.15, 0.2) is 0 Å². The topological polar surface area (TPSA) is 100 Å². The van der Waals surface area contributed by atoms with E-state index < -0.39 is 0 Å². The molecule has 3 aromatic heterocycles. The second kappa shape index (κ2) is 10.3. The standard InChI is InChI=1S/C26H29N7O2/c1-32(17-19-15-27-8-9-28-19)20-7-10-33(11-12-34)24(14-20)25-29-16-23(30-25)21-13-18-5-3-4-6-22(18)31-26(21)35-2/h3-6,8-9,12-13,15-16,20,24H,7,10-11,14,17H2,1-2H3,(H,29,30)/t20?,24-/m0/s1. The highest BCUT2D eigenvalue weighted by Crippen LogP contribution is 2.35. The number of nitrogens with zero attached hydrogens (tertiary/aromatic N) is 6. The van der Waals surface area contributed by atoms with E-state index in [-0.39, 0.29) is 6.04 Å². The number of imidazole rings is 1. The van der Waals surface area contributed by atoms with E-state index in [4.69, 9.17) is 9.72 Å². The number of hydrogen-bond donors (Lipinski definition) is 1. The Kier molecular flexibility index (Phi) is 6.78. The van der Waals surface area contributed by atoms with Gasteiger partial charge in [-0.3, -0.25) is 19.8 Å². The molecule has 1 N–H and O–H groups in total. The van der Waals surface area contributed by atoms with Gasteiger partial charge < -0.3 is 14.5 Å². The van der Waals surface area contributed by atoms with Gasteiger partial charge in [-0.15, -0.1) is 0 Å². The van der Waals surface area contributed by atoms with E-state index in [1.807, 2.05) is 30.5 Å². The van der Waals surface area contributed by atoms with Crippen molar-refractivity contribution in [2.45, 2.75) is 31.5 Å². The molecule has 0 spiro atoms. The molecule has 1 aliphatic rings. The van der Waals surface area contributed by atoms with Crippen molar-refractivity contribution >= 4 is 17.2 Å².